The summed E-state index contributed by atoms with van der Waals surface area (Å²) in [4.78, 5) is 0. The Hall–Kier alpha value is -0.455. The van der Waals surface area contributed by atoms with Crippen LogP contribution in [0, 0.1) is 0 Å². The highest BCUT2D eigenvalue weighted by Crippen LogP contribution is 1.90. The summed E-state index contributed by atoms with van der Waals surface area (Å²) in [6, 6.07) is 0. The minimum atomic E-state index is 1.23. The summed E-state index contributed by atoms with van der Waals surface area (Å²) in [5.74, 6) is 2.18. The van der Waals surface area contributed by atoms with Crippen LogP contribution in [0.4, 0.5) is 0 Å². The molecule has 0 N–H and O–H groups in total. The molecule has 0 nitrogen and oxygen atoms in total. The van der Waals surface area contributed by atoms with Gasteiger partial charge in [0, 0.05) is 0 Å². The number of rotatable bonds is 0. The second-order valence-electron chi connectivity index (χ2n) is 1.43. The molecule has 1 aliphatic rings. The highest BCUT2D eigenvalue weighted by Gasteiger charge is 1.80. The molecule has 0 aromatic heterocycles. The normalized spacial score (nSPS) is 17.3. The molecular formula is C5H7B. The smallest absolute Gasteiger partial charge is 0.119 e. The first-order valence-corrected chi connectivity index (χ1v) is 2.32. The highest BCUT2D eigenvalue weighted by molar-refractivity contribution is 6.43. The Morgan fingerprint density at radius 1 is 1.33 bits per heavy atom. The molecule has 0 unspecified atom stereocenters. The van der Waals surface area contributed by atoms with Gasteiger partial charge in [-0.15, -0.1) is 5.98 Å². The van der Waals surface area contributed by atoms with Gasteiger partial charge in [0.05, 0.1) is 0 Å². The van der Waals surface area contributed by atoms with Crippen molar-refractivity contribution in [2.45, 2.75) is 6.32 Å². The zero-order chi connectivity index (χ0) is 4.24. The second-order valence-corrected chi connectivity index (χ2v) is 1.43. The van der Waals surface area contributed by atoms with E-state index >= 15 is 0 Å². The molecule has 0 saturated carbocycles. The Labute approximate surface area is 38.8 Å². The van der Waals surface area contributed by atoms with E-state index in [1.807, 2.05) is 0 Å². The van der Waals surface area contributed by atoms with E-state index in [2.05, 4.69) is 24.2 Å². The lowest BCUT2D eigenvalue weighted by Gasteiger charge is -1.85. The fraction of sp³-hybridized carbons (Fsp3) is 0.200. The van der Waals surface area contributed by atoms with Crippen molar-refractivity contribution in [3.63, 3.8) is 0 Å². The molecule has 1 aliphatic heterocycles. The summed E-state index contributed by atoms with van der Waals surface area (Å²) < 4.78 is 0. The molecule has 1 rings (SSSR count). The quantitative estimate of drug-likeness (QED) is 0.378. The Bertz CT molecular complexity index is 69.9. The summed E-state index contributed by atoms with van der Waals surface area (Å²) in [5, 5.41) is 0. The van der Waals surface area contributed by atoms with Crippen molar-refractivity contribution in [1.82, 2.24) is 0 Å². The minimum Gasteiger partial charge on any atom is -0.119 e. The van der Waals surface area contributed by atoms with Crippen LogP contribution in [0.5, 0.6) is 0 Å². The van der Waals surface area contributed by atoms with Crippen LogP contribution in [-0.2, 0) is 0 Å². The fourth-order valence-corrected chi connectivity index (χ4v) is 0.542. The van der Waals surface area contributed by atoms with Crippen molar-refractivity contribution in [1.29, 1.82) is 0 Å². The molecule has 0 bridgehead atoms. The molecule has 30 valence electrons. The molecule has 0 saturated heterocycles. The Morgan fingerprint density at radius 3 is 2.50 bits per heavy atom. The van der Waals surface area contributed by atoms with Gasteiger partial charge in [-0.05, 0) is 0 Å². The molecule has 0 aromatic rings. The molecule has 0 spiro atoms. The topological polar surface area (TPSA) is 0 Å². The average molecular weight is 77.9 g/mol. The molecule has 0 amide bonds. The number of hydrogen-bond donors (Lipinski definition) is 0. The molecule has 0 aliphatic carbocycles. The van der Waals surface area contributed by atoms with Gasteiger partial charge in [0.15, 0.2) is 7.28 Å². The van der Waals surface area contributed by atoms with Crippen molar-refractivity contribution in [2.24, 2.45) is 0 Å². The third kappa shape index (κ3) is 0.747. The first-order chi connectivity index (χ1) is 3.00. The predicted octanol–water partition coefficient (Wildman–Crippen LogP) is 0.925. The average Bonchev–Trinajstić information content (AvgIpc) is 1.72. The highest BCUT2D eigenvalue weighted by atomic mass is 13.7. The number of hydrogen-bond acceptors (Lipinski definition) is 0. The van der Waals surface area contributed by atoms with Gasteiger partial charge in [0.25, 0.3) is 0 Å². The van der Waals surface area contributed by atoms with Gasteiger partial charge < -0.3 is 0 Å². The Balaban J connectivity index is 2.46. The monoisotopic (exact) mass is 78.1 g/mol. The largest absolute Gasteiger partial charge is 0.151 e. The van der Waals surface area contributed by atoms with E-state index in [0.717, 1.165) is 0 Å². The van der Waals surface area contributed by atoms with Crippen LogP contribution in [0.15, 0.2) is 24.2 Å². The van der Waals surface area contributed by atoms with Gasteiger partial charge >= 0.3 is 0 Å². The first kappa shape index (κ1) is 3.73. The molecular weight excluding hydrogens is 70.9 g/mol. The standard InChI is InChI=1S/C5H7B/c1-2-4-6-5-3-1/h1-4,6H,5H2. The van der Waals surface area contributed by atoms with Gasteiger partial charge in [-0.25, -0.2) is 0 Å². The van der Waals surface area contributed by atoms with Gasteiger partial charge in [0.1, 0.15) is 0 Å². The summed E-state index contributed by atoms with van der Waals surface area (Å²) in [6.07, 6.45) is 7.59. The van der Waals surface area contributed by atoms with E-state index in [9.17, 15) is 0 Å². The molecule has 0 fully saturated rings. The maximum atomic E-state index is 2.18. The van der Waals surface area contributed by atoms with Crippen molar-refractivity contribution >= 4 is 7.28 Å². The molecule has 0 atom stereocenters. The van der Waals surface area contributed by atoms with E-state index in [0.29, 0.717) is 0 Å². The molecule has 0 aromatic carbocycles. The van der Waals surface area contributed by atoms with Crippen LogP contribution in [-0.4, -0.2) is 7.28 Å². The van der Waals surface area contributed by atoms with E-state index in [-0.39, 0.29) is 0 Å². The lowest BCUT2D eigenvalue weighted by molar-refractivity contribution is 1.65. The maximum Gasteiger partial charge on any atom is 0.151 e. The lowest BCUT2D eigenvalue weighted by Crippen LogP contribution is -1.81. The van der Waals surface area contributed by atoms with Crippen molar-refractivity contribution in [3.8, 4) is 0 Å². The summed E-state index contributed by atoms with van der Waals surface area (Å²) in [7, 11) is 1.23. The molecule has 1 heteroatoms. The fourth-order valence-electron chi connectivity index (χ4n) is 0.542. The molecule has 0 radical (unpaired) electrons. The van der Waals surface area contributed by atoms with Gasteiger partial charge in [-0.1, -0.05) is 24.5 Å². The van der Waals surface area contributed by atoms with E-state index in [1.165, 1.54) is 13.6 Å². The van der Waals surface area contributed by atoms with Crippen LogP contribution in [0.3, 0.4) is 0 Å². The molecule has 6 heavy (non-hydrogen) atoms. The van der Waals surface area contributed by atoms with Crippen LogP contribution in [0.2, 0.25) is 6.32 Å². The van der Waals surface area contributed by atoms with Crippen LogP contribution in [0.1, 0.15) is 0 Å². The second kappa shape index (κ2) is 1.86. The summed E-state index contributed by atoms with van der Waals surface area (Å²) in [5.41, 5.74) is 0. The third-order valence-electron chi connectivity index (χ3n) is 0.883. The SMILES string of the molecule is B1C=CC=CC1. The molecule has 1 heterocycles. The van der Waals surface area contributed by atoms with Crippen LogP contribution >= 0.6 is 0 Å². The van der Waals surface area contributed by atoms with Crippen LogP contribution in [0.25, 0.3) is 0 Å². The van der Waals surface area contributed by atoms with Gasteiger partial charge in [0.2, 0.25) is 0 Å². The van der Waals surface area contributed by atoms with Gasteiger partial charge in [-0.3, -0.25) is 0 Å². The number of allylic oxidation sites excluding steroid dienone is 3. The van der Waals surface area contributed by atoms with Gasteiger partial charge in [-0.2, -0.15) is 0 Å². The van der Waals surface area contributed by atoms with Crippen molar-refractivity contribution in [3.05, 3.63) is 24.2 Å². The summed E-state index contributed by atoms with van der Waals surface area (Å²) in [6.45, 7) is 0. The zero-order valence-corrected chi connectivity index (χ0v) is 3.72. The van der Waals surface area contributed by atoms with Crippen LogP contribution < -0.4 is 0 Å². The predicted molar refractivity (Wildman–Crippen MR) is 30.2 cm³/mol. The zero-order valence-electron chi connectivity index (χ0n) is 3.72. The van der Waals surface area contributed by atoms with Crippen molar-refractivity contribution < 1.29 is 0 Å². The summed E-state index contributed by atoms with van der Waals surface area (Å²) >= 11 is 0. The van der Waals surface area contributed by atoms with Crippen molar-refractivity contribution in [2.75, 3.05) is 0 Å². The third-order valence-corrected chi connectivity index (χ3v) is 0.883. The van der Waals surface area contributed by atoms with E-state index in [1.54, 1.807) is 0 Å². The minimum absolute atomic E-state index is 1.23. The first-order valence-electron chi connectivity index (χ1n) is 2.32. The Morgan fingerprint density at radius 2 is 2.33 bits per heavy atom. The van der Waals surface area contributed by atoms with E-state index in [4.69, 9.17) is 0 Å². The lowest BCUT2D eigenvalue weighted by atomic mass is 9.72. The maximum absolute atomic E-state index is 2.18. The van der Waals surface area contributed by atoms with E-state index < -0.39 is 0 Å². The Kier molecular flexibility index (Phi) is 1.15.